The number of nitrogen functional groups attached to an aromatic ring is 1. The lowest BCUT2D eigenvalue weighted by Gasteiger charge is -2.18. The molecule has 5 N–H and O–H groups in total. The molecule has 0 radical (unpaired) electrons. The van der Waals surface area contributed by atoms with Gasteiger partial charge in [0.25, 0.3) is 0 Å². The predicted octanol–water partition coefficient (Wildman–Crippen LogP) is 1.27. The van der Waals surface area contributed by atoms with Gasteiger partial charge in [0.1, 0.15) is 17.8 Å². The molecule has 2 aromatic heterocycles. The maximum absolute atomic E-state index is 10.2. The SMILES string of the molecule is CC1[C@H](n2cnc3c(N)nc(N/N=C/C4CCCCC4)nc32)O[C@H](CO)[C@H]1O. The molecule has 28 heavy (non-hydrogen) atoms. The third-order valence-electron chi connectivity index (χ3n) is 5.69. The summed E-state index contributed by atoms with van der Waals surface area (Å²) < 4.78 is 7.51. The van der Waals surface area contributed by atoms with Crippen LogP contribution >= 0.6 is 0 Å². The van der Waals surface area contributed by atoms with Gasteiger partial charge in [-0.3, -0.25) is 4.57 Å². The fraction of sp³-hybridized carbons (Fsp3) is 0.667. The zero-order valence-electron chi connectivity index (χ0n) is 15.9. The van der Waals surface area contributed by atoms with E-state index in [0.717, 1.165) is 12.8 Å². The van der Waals surface area contributed by atoms with E-state index in [1.807, 2.05) is 13.1 Å². The maximum Gasteiger partial charge on any atom is 0.247 e. The molecule has 2 aliphatic rings. The Bertz CT molecular complexity index is 849. The molecule has 10 heteroatoms. The summed E-state index contributed by atoms with van der Waals surface area (Å²) >= 11 is 0. The minimum atomic E-state index is -0.774. The van der Waals surface area contributed by atoms with Crippen LogP contribution in [0.3, 0.4) is 0 Å². The van der Waals surface area contributed by atoms with Crippen molar-refractivity contribution in [1.82, 2.24) is 19.5 Å². The Labute approximate surface area is 162 Å². The first-order valence-electron chi connectivity index (χ1n) is 9.82. The smallest absolute Gasteiger partial charge is 0.247 e. The summed E-state index contributed by atoms with van der Waals surface area (Å²) in [5, 5.41) is 23.9. The molecule has 4 rings (SSSR count). The summed E-state index contributed by atoms with van der Waals surface area (Å²) in [5.74, 6) is 0.761. The van der Waals surface area contributed by atoms with Crippen molar-refractivity contribution < 1.29 is 14.9 Å². The van der Waals surface area contributed by atoms with E-state index >= 15 is 0 Å². The number of hydrogen-bond donors (Lipinski definition) is 4. The van der Waals surface area contributed by atoms with E-state index in [2.05, 4.69) is 25.5 Å². The normalized spacial score (nSPS) is 29.1. The van der Waals surface area contributed by atoms with Crippen molar-refractivity contribution in [2.45, 2.75) is 57.5 Å². The number of imidazole rings is 1. The van der Waals surface area contributed by atoms with E-state index in [4.69, 9.17) is 10.5 Å². The standard InChI is InChI=1S/C18H27N7O3/c1-10-14(27)12(8-26)28-17(10)25-9-20-13-15(19)22-18(23-16(13)25)24-21-7-11-5-3-2-4-6-11/h7,9-12,14,17,26-27H,2-6,8H2,1H3,(H3,19,22,23,24)/b21-7+/t10?,12-,14+,17-/m1/s1. The van der Waals surface area contributed by atoms with Gasteiger partial charge in [-0.05, 0) is 18.8 Å². The monoisotopic (exact) mass is 389 g/mol. The Hall–Kier alpha value is -2.30. The topological polar surface area (TPSA) is 144 Å². The molecule has 3 heterocycles. The largest absolute Gasteiger partial charge is 0.394 e. The third kappa shape index (κ3) is 3.54. The number of hydrogen-bond acceptors (Lipinski definition) is 9. The molecule has 1 saturated carbocycles. The highest BCUT2D eigenvalue weighted by Gasteiger charge is 2.42. The van der Waals surface area contributed by atoms with Gasteiger partial charge in [-0.2, -0.15) is 15.1 Å². The first-order valence-corrected chi connectivity index (χ1v) is 9.82. The number of aliphatic hydroxyl groups excluding tert-OH is 2. The summed E-state index contributed by atoms with van der Waals surface area (Å²) in [7, 11) is 0. The molecule has 1 unspecified atom stereocenters. The number of nitrogens with two attached hydrogens (primary N) is 1. The summed E-state index contributed by atoms with van der Waals surface area (Å²) in [4.78, 5) is 13.0. The molecule has 0 spiro atoms. The van der Waals surface area contributed by atoms with Gasteiger partial charge in [-0.1, -0.05) is 26.2 Å². The summed E-state index contributed by atoms with van der Waals surface area (Å²) in [6, 6.07) is 0. The second-order valence-corrected chi connectivity index (χ2v) is 7.64. The van der Waals surface area contributed by atoms with E-state index in [-0.39, 0.29) is 24.3 Å². The highest BCUT2D eigenvalue weighted by Crippen LogP contribution is 2.36. The number of aliphatic hydroxyl groups is 2. The maximum atomic E-state index is 10.2. The fourth-order valence-corrected chi connectivity index (χ4v) is 4.02. The number of aromatic nitrogens is 4. The lowest BCUT2D eigenvalue weighted by Crippen LogP contribution is -2.28. The highest BCUT2D eigenvalue weighted by atomic mass is 16.5. The molecular formula is C18H27N7O3. The quantitative estimate of drug-likeness (QED) is 0.442. The second kappa shape index (κ2) is 7.98. The zero-order chi connectivity index (χ0) is 19.7. The molecular weight excluding hydrogens is 362 g/mol. The first-order chi connectivity index (χ1) is 13.6. The minimum Gasteiger partial charge on any atom is -0.394 e. The Morgan fingerprint density at radius 3 is 2.86 bits per heavy atom. The van der Waals surface area contributed by atoms with Gasteiger partial charge in [-0.25, -0.2) is 10.4 Å². The molecule has 0 amide bonds. The molecule has 0 aromatic carbocycles. The molecule has 152 valence electrons. The van der Waals surface area contributed by atoms with Crippen molar-refractivity contribution in [2.24, 2.45) is 16.9 Å². The minimum absolute atomic E-state index is 0.240. The van der Waals surface area contributed by atoms with Crippen LogP contribution in [0.5, 0.6) is 0 Å². The van der Waals surface area contributed by atoms with Crippen LogP contribution in [0.2, 0.25) is 0 Å². The molecule has 1 saturated heterocycles. The van der Waals surface area contributed by atoms with E-state index in [1.54, 1.807) is 10.9 Å². The van der Waals surface area contributed by atoms with Crippen LogP contribution in [0, 0.1) is 11.8 Å². The van der Waals surface area contributed by atoms with E-state index in [0.29, 0.717) is 17.1 Å². The van der Waals surface area contributed by atoms with E-state index < -0.39 is 18.4 Å². The molecule has 1 aliphatic heterocycles. The van der Waals surface area contributed by atoms with Gasteiger partial charge in [0.05, 0.1) is 19.0 Å². The number of nitrogens with zero attached hydrogens (tertiary/aromatic N) is 5. The lowest BCUT2D eigenvalue weighted by atomic mass is 9.90. The van der Waals surface area contributed by atoms with Gasteiger partial charge in [0.15, 0.2) is 11.5 Å². The Kier molecular flexibility index (Phi) is 5.42. The Morgan fingerprint density at radius 2 is 2.14 bits per heavy atom. The van der Waals surface area contributed by atoms with Crippen LogP contribution < -0.4 is 11.2 Å². The van der Waals surface area contributed by atoms with Crippen LogP contribution in [0.15, 0.2) is 11.4 Å². The van der Waals surface area contributed by atoms with Crippen LogP contribution in [0.25, 0.3) is 11.2 Å². The fourth-order valence-electron chi connectivity index (χ4n) is 4.02. The predicted molar refractivity (Wildman–Crippen MR) is 105 cm³/mol. The van der Waals surface area contributed by atoms with E-state index in [9.17, 15) is 10.2 Å². The molecule has 2 fully saturated rings. The van der Waals surface area contributed by atoms with Crippen LogP contribution in [-0.4, -0.2) is 54.8 Å². The molecule has 4 atom stereocenters. The van der Waals surface area contributed by atoms with Crippen LogP contribution in [0.4, 0.5) is 11.8 Å². The van der Waals surface area contributed by atoms with E-state index in [1.165, 1.54) is 19.3 Å². The van der Waals surface area contributed by atoms with Crippen molar-refractivity contribution in [3.05, 3.63) is 6.33 Å². The van der Waals surface area contributed by atoms with Gasteiger partial charge in [0.2, 0.25) is 5.95 Å². The van der Waals surface area contributed by atoms with Crippen LogP contribution in [-0.2, 0) is 4.74 Å². The Morgan fingerprint density at radius 1 is 1.36 bits per heavy atom. The lowest BCUT2D eigenvalue weighted by molar-refractivity contribution is -0.0447. The van der Waals surface area contributed by atoms with Crippen molar-refractivity contribution >= 4 is 29.1 Å². The number of nitrogens with one attached hydrogen (secondary N) is 1. The van der Waals surface area contributed by atoms with Crippen molar-refractivity contribution in [3.63, 3.8) is 0 Å². The number of ether oxygens (including phenoxy) is 1. The average molecular weight is 389 g/mol. The third-order valence-corrected chi connectivity index (χ3v) is 5.69. The highest BCUT2D eigenvalue weighted by molar-refractivity contribution is 5.83. The number of fused-ring (bicyclic) bond motifs is 1. The van der Waals surface area contributed by atoms with Crippen molar-refractivity contribution in [3.8, 4) is 0 Å². The first kappa shape index (κ1) is 19.0. The van der Waals surface area contributed by atoms with Gasteiger partial charge >= 0.3 is 0 Å². The van der Waals surface area contributed by atoms with Crippen LogP contribution in [0.1, 0.15) is 45.3 Å². The number of hydrazone groups is 1. The second-order valence-electron chi connectivity index (χ2n) is 7.64. The number of rotatable bonds is 5. The molecule has 0 bridgehead atoms. The summed E-state index contributed by atoms with van der Waals surface area (Å²) in [6.45, 7) is 1.60. The molecule has 2 aromatic rings. The Balaban J connectivity index is 1.57. The van der Waals surface area contributed by atoms with Crippen molar-refractivity contribution in [2.75, 3.05) is 17.8 Å². The average Bonchev–Trinajstić information content (AvgIpc) is 3.24. The van der Waals surface area contributed by atoms with Crippen molar-refractivity contribution in [1.29, 1.82) is 0 Å². The summed E-state index contributed by atoms with van der Waals surface area (Å²) in [6.07, 6.45) is 7.66. The number of anilines is 2. The van der Waals surface area contributed by atoms with Gasteiger partial charge in [-0.15, -0.1) is 0 Å². The van der Waals surface area contributed by atoms with Gasteiger partial charge in [0, 0.05) is 12.1 Å². The molecule has 10 nitrogen and oxygen atoms in total. The zero-order valence-corrected chi connectivity index (χ0v) is 15.9. The summed E-state index contributed by atoms with van der Waals surface area (Å²) in [5.41, 5.74) is 9.87. The van der Waals surface area contributed by atoms with Gasteiger partial charge < -0.3 is 20.7 Å². The molecule has 1 aliphatic carbocycles.